The second kappa shape index (κ2) is 6.72. The zero-order chi connectivity index (χ0) is 14.5. The fourth-order valence-corrected chi connectivity index (χ4v) is 2.49. The maximum Gasteiger partial charge on any atom is 0.252 e. The van der Waals surface area contributed by atoms with E-state index in [0.717, 1.165) is 5.56 Å². The normalized spacial score (nSPS) is 10.2. The number of hydrogen-bond acceptors (Lipinski definition) is 3. The van der Waals surface area contributed by atoms with Crippen molar-refractivity contribution in [2.24, 2.45) is 0 Å². The maximum absolute atomic E-state index is 12.1. The Morgan fingerprint density at radius 1 is 1.40 bits per heavy atom. The molecule has 0 radical (unpaired) electrons. The van der Waals surface area contributed by atoms with Gasteiger partial charge in [0.2, 0.25) is 5.88 Å². The summed E-state index contributed by atoms with van der Waals surface area (Å²) in [4.78, 5) is 16.1. The van der Waals surface area contributed by atoms with Crippen LogP contribution >= 0.6 is 27.5 Å². The van der Waals surface area contributed by atoms with Gasteiger partial charge in [-0.2, -0.15) is 0 Å². The SMILES string of the molecule is COc1cc(CNC(=O)c2ccc(Cl)cc2Br)ccn1. The Labute approximate surface area is 130 Å². The molecule has 0 unspecified atom stereocenters. The highest BCUT2D eigenvalue weighted by atomic mass is 79.9. The first-order chi connectivity index (χ1) is 9.60. The van der Waals surface area contributed by atoms with E-state index in [1.54, 1.807) is 37.6 Å². The minimum Gasteiger partial charge on any atom is -0.481 e. The molecular formula is C14H12BrClN2O2. The number of ether oxygens (including phenoxy) is 1. The summed E-state index contributed by atoms with van der Waals surface area (Å²) in [5.74, 6) is 0.341. The van der Waals surface area contributed by atoms with Gasteiger partial charge in [0.1, 0.15) is 0 Å². The summed E-state index contributed by atoms with van der Waals surface area (Å²) in [5.41, 5.74) is 1.45. The van der Waals surface area contributed by atoms with Crippen molar-refractivity contribution in [3.8, 4) is 5.88 Å². The Morgan fingerprint density at radius 3 is 2.90 bits per heavy atom. The van der Waals surface area contributed by atoms with Crippen molar-refractivity contribution < 1.29 is 9.53 Å². The van der Waals surface area contributed by atoms with Crippen molar-refractivity contribution in [2.75, 3.05) is 7.11 Å². The van der Waals surface area contributed by atoms with Crippen molar-refractivity contribution in [3.63, 3.8) is 0 Å². The molecule has 0 aliphatic carbocycles. The molecule has 0 spiro atoms. The number of carbonyl (C=O) groups excluding carboxylic acids is 1. The van der Waals surface area contributed by atoms with Gasteiger partial charge in [-0.3, -0.25) is 4.79 Å². The third-order valence-corrected chi connectivity index (χ3v) is 3.53. The molecule has 0 saturated carbocycles. The predicted octanol–water partition coefficient (Wildman–Crippen LogP) is 3.44. The Kier molecular flexibility index (Phi) is 4.98. The van der Waals surface area contributed by atoms with Crippen LogP contribution in [-0.4, -0.2) is 18.0 Å². The quantitative estimate of drug-likeness (QED) is 0.914. The molecule has 1 N–H and O–H groups in total. The van der Waals surface area contributed by atoms with E-state index in [9.17, 15) is 4.79 Å². The number of methoxy groups -OCH3 is 1. The van der Waals surface area contributed by atoms with E-state index >= 15 is 0 Å². The fraction of sp³-hybridized carbons (Fsp3) is 0.143. The first-order valence-corrected chi connectivity index (χ1v) is 6.99. The van der Waals surface area contributed by atoms with E-state index in [-0.39, 0.29) is 5.91 Å². The van der Waals surface area contributed by atoms with Crippen molar-refractivity contribution >= 4 is 33.4 Å². The van der Waals surface area contributed by atoms with Gasteiger partial charge >= 0.3 is 0 Å². The molecule has 0 aliphatic heterocycles. The van der Waals surface area contributed by atoms with Crippen molar-refractivity contribution in [2.45, 2.75) is 6.54 Å². The molecule has 0 saturated heterocycles. The molecule has 1 aromatic carbocycles. The monoisotopic (exact) mass is 354 g/mol. The zero-order valence-electron chi connectivity index (χ0n) is 10.7. The molecule has 0 atom stereocenters. The highest BCUT2D eigenvalue weighted by Crippen LogP contribution is 2.21. The third-order valence-electron chi connectivity index (χ3n) is 2.64. The number of nitrogens with one attached hydrogen (secondary N) is 1. The van der Waals surface area contributed by atoms with E-state index < -0.39 is 0 Å². The summed E-state index contributed by atoms with van der Waals surface area (Å²) >= 11 is 9.17. The first-order valence-electron chi connectivity index (χ1n) is 5.82. The van der Waals surface area contributed by atoms with Crippen molar-refractivity contribution in [1.29, 1.82) is 0 Å². The number of nitrogens with zero attached hydrogens (tertiary/aromatic N) is 1. The Hall–Kier alpha value is -1.59. The molecule has 1 aromatic heterocycles. The van der Waals surface area contributed by atoms with Crippen LogP contribution in [0.5, 0.6) is 5.88 Å². The number of rotatable bonds is 4. The van der Waals surface area contributed by atoms with E-state index in [1.165, 1.54) is 0 Å². The summed E-state index contributed by atoms with van der Waals surface area (Å²) < 4.78 is 5.69. The maximum atomic E-state index is 12.1. The molecule has 1 heterocycles. The number of pyridine rings is 1. The summed E-state index contributed by atoms with van der Waals surface area (Å²) in [6.45, 7) is 0.396. The van der Waals surface area contributed by atoms with E-state index in [0.29, 0.717) is 27.5 Å². The van der Waals surface area contributed by atoms with Crippen LogP contribution in [0.3, 0.4) is 0 Å². The molecule has 20 heavy (non-hydrogen) atoms. The molecular weight excluding hydrogens is 344 g/mol. The largest absolute Gasteiger partial charge is 0.481 e. The van der Waals surface area contributed by atoms with Gasteiger partial charge in [0.15, 0.2) is 0 Å². The smallest absolute Gasteiger partial charge is 0.252 e. The van der Waals surface area contributed by atoms with Crippen molar-refractivity contribution in [3.05, 3.63) is 57.2 Å². The first kappa shape index (κ1) is 14.8. The Balaban J connectivity index is 2.04. The summed E-state index contributed by atoms with van der Waals surface area (Å²) in [6, 6.07) is 8.63. The van der Waals surface area contributed by atoms with Crippen LogP contribution in [0.15, 0.2) is 41.0 Å². The van der Waals surface area contributed by atoms with E-state index in [1.807, 2.05) is 6.07 Å². The molecule has 6 heteroatoms. The lowest BCUT2D eigenvalue weighted by atomic mass is 10.2. The highest BCUT2D eigenvalue weighted by molar-refractivity contribution is 9.10. The minimum absolute atomic E-state index is 0.177. The lowest BCUT2D eigenvalue weighted by Gasteiger charge is -2.08. The standard InChI is InChI=1S/C14H12BrClN2O2/c1-20-13-6-9(4-5-17-13)8-18-14(19)11-3-2-10(16)7-12(11)15/h2-7H,8H2,1H3,(H,18,19). The average Bonchev–Trinajstić information content (AvgIpc) is 2.45. The van der Waals surface area contributed by atoms with Gasteiger partial charge in [0, 0.05) is 28.3 Å². The lowest BCUT2D eigenvalue weighted by molar-refractivity contribution is 0.0950. The molecule has 0 bridgehead atoms. The van der Waals surface area contributed by atoms with Gasteiger partial charge in [0.25, 0.3) is 5.91 Å². The molecule has 4 nitrogen and oxygen atoms in total. The average molecular weight is 356 g/mol. The summed E-state index contributed by atoms with van der Waals surface area (Å²) in [7, 11) is 1.55. The van der Waals surface area contributed by atoms with Gasteiger partial charge in [-0.1, -0.05) is 11.6 Å². The van der Waals surface area contributed by atoms with Crippen LogP contribution in [0.25, 0.3) is 0 Å². The number of benzene rings is 1. The van der Waals surface area contributed by atoms with Gasteiger partial charge in [-0.25, -0.2) is 4.98 Å². The minimum atomic E-state index is -0.177. The van der Waals surface area contributed by atoms with Crippen LogP contribution in [0.1, 0.15) is 15.9 Å². The van der Waals surface area contributed by atoms with Gasteiger partial charge in [-0.15, -0.1) is 0 Å². The molecule has 0 fully saturated rings. The summed E-state index contributed by atoms with van der Waals surface area (Å²) in [5, 5.41) is 3.41. The predicted molar refractivity (Wildman–Crippen MR) is 81.1 cm³/mol. The Morgan fingerprint density at radius 2 is 2.20 bits per heavy atom. The molecule has 104 valence electrons. The highest BCUT2D eigenvalue weighted by Gasteiger charge is 2.10. The second-order valence-electron chi connectivity index (χ2n) is 4.01. The van der Waals surface area contributed by atoms with Crippen LogP contribution < -0.4 is 10.1 Å². The number of amides is 1. The van der Waals surface area contributed by atoms with E-state index in [2.05, 4.69) is 26.2 Å². The topological polar surface area (TPSA) is 51.2 Å². The molecule has 2 rings (SSSR count). The lowest BCUT2D eigenvalue weighted by Crippen LogP contribution is -2.23. The summed E-state index contributed by atoms with van der Waals surface area (Å²) in [6.07, 6.45) is 1.64. The van der Waals surface area contributed by atoms with E-state index in [4.69, 9.17) is 16.3 Å². The van der Waals surface area contributed by atoms with Crippen LogP contribution in [-0.2, 0) is 6.54 Å². The van der Waals surface area contributed by atoms with Crippen LogP contribution in [0.2, 0.25) is 5.02 Å². The van der Waals surface area contributed by atoms with Gasteiger partial charge < -0.3 is 10.1 Å². The van der Waals surface area contributed by atoms with Crippen LogP contribution in [0, 0.1) is 0 Å². The van der Waals surface area contributed by atoms with Crippen molar-refractivity contribution in [1.82, 2.24) is 10.3 Å². The van der Waals surface area contributed by atoms with Gasteiger partial charge in [0.05, 0.1) is 12.7 Å². The Bertz CT molecular complexity index is 634. The third kappa shape index (κ3) is 3.71. The van der Waals surface area contributed by atoms with Gasteiger partial charge in [-0.05, 0) is 45.8 Å². The number of carbonyl (C=O) groups is 1. The molecule has 0 aliphatic rings. The number of hydrogen-bond donors (Lipinski definition) is 1. The zero-order valence-corrected chi connectivity index (χ0v) is 13.0. The molecule has 2 aromatic rings. The molecule has 1 amide bonds. The number of aromatic nitrogens is 1. The number of halogens is 2. The fourth-order valence-electron chi connectivity index (χ4n) is 1.62. The van der Waals surface area contributed by atoms with Crippen LogP contribution in [0.4, 0.5) is 0 Å². The second-order valence-corrected chi connectivity index (χ2v) is 5.30.